The molecule has 17 heteroatoms. The van der Waals surface area contributed by atoms with Gasteiger partial charge in [-0.3, -0.25) is 29.4 Å². The van der Waals surface area contributed by atoms with E-state index in [1.54, 1.807) is 18.6 Å². The highest BCUT2D eigenvalue weighted by Crippen LogP contribution is 2.35. The number of likely N-dealkylation sites (N-methyl/N-ethyl adjacent to an activating group) is 1. The van der Waals surface area contributed by atoms with E-state index in [9.17, 15) is 19.2 Å². The summed E-state index contributed by atoms with van der Waals surface area (Å²) in [6.07, 6.45) is 14.8. The Bertz CT molecular complexity index is 2370. The summed E-state index contributed by atoms with van der Waals surface area (Å²) in [5.41, 5.74) is 9.69. The van der Waals surface area contributed by atoms with Gasteiger partial charge in [0.1, 0.15) is 36.8 Å². The maximum absolute atomic E-state index is 13.6. The van der Waals surface area contributed by atoms with Gasteiger partial charge in [0.15, 0.2) is 0 Å². The molecule has 1 aliphatic heterocycles. The van der Waals surface area contributed by atoms with Crippen molar-refractivity contribution in [2.75, 3.05) is 33.7 Å². The lowest BCUT2D eigenvalue weighted by Crippen LogP contribution is -2.48. The molecule has 74 heavy (non-hydrogen) atoms. The molecule has 3 amide bonds. The number of ether oxygens (including phenoxy) is 1. The molecule has 1 fully saturated rings. The van der Waals surface area contributed by atoms with Crippen molar-refractivity contribution in [1.82, 2.24) is 35.6 Å². The fraction of sp³-hybridized carbons (Fsp3) is 0.474. The summed E-state index contributed by atoms with van der Waals surface area (Å²) in [7, 11) is 2.94. The monoisotopic (exact) mass is 1060 g/mol. The summed E-state index contributed by atoms with van der Waals surface area (Å²) >= 11 is 12.7. The van der Waals surface area contributed by atoms with Crippen molar-refractivity contribution in [3.8, 4) is 5.75 Å². The number of halogens is 2. The Morgan fingerprint density at radius 1 is 1.03 bits per heavy atom. The highest BCUT2D eigenvalue weighted by molar-refractivity contribution is 6.35. The van der Waals surface area contributed by atoms with Crippen molar-refractivity contribution in [1.29, 1.82) is 0 Å². The topological polar surface area (TPSA) is 205 Å². The Morgan fingerprint density at radius 3 is 2.22 bits per heavy atom. The van der Waals surface area contributed by atoms with Crippen molar-refractivity contribution >= 4 is 77.3 Å². The molecule has 0 radical (unpaired) electrons. The number of nitrogens with zero attached hydrogens (tertiary/aromatic N) is 5. The molecule has 4 aromatic rings. The Labute approximate surface area is 452 Å². The molecule has 1 aliphatic rings. The molecular formula is C57H87Cl2N9O6. The van der Waals surface area contributed by atoms with Gasteiger partial charge in [-0.05, 0) is 138 Å². The van der Waals surface area contributed by atoms with Crippen LogP contribution in [0.3, 0.4) is 0 Å². The molecule has 5 rings (SSSR count). The number of aliphatic imine (C=N–C) groups is 1. The number of aldehydes is 1. The van der Waals surface area contributed by atoms with E-state index in [-0.39, 0.29) is 31.6 Å². The van der Waals surface area contributed by atoms with E-state index in [1.165, 1.54) is 14.1 Å². The number of aromatic nitrogens is 3. The number of pyridine rings is 1. The molecule has 0 saturated carbocycles. The minimum absolute atomic E-state index is 0. The lowest BCUT2D eigenvalue weighted by Gasteiger charge is -2.35. The van der Waals surface area contributed by atoms with E-state index in [4.69, 9.17) is 37.7 Å². The van der Waals surface area contributed by atoms with Gasteiger partial charge in [-0.25, -0.2) is 4.99 Å². The first kappa shape index (κ1) is 70.1. The highest BCUT2D eigenvalue weighted by atomic mass is 35.5. The van der Waals surface area contributed by atoms with E-state index >= 15 is 0 Å². The standard InChI is InChI=1S/C48H58Cl2N8O5.3C2H6.CH5N.CH2O.CH4/c1-8-10-44(53-20-16-42-38-26-36(14-15-41(38)55-56-42)63-33(4)45-39(49)28-52-29-40(45)50)54-32(3)27-48(5,6)19-23-57-21-17-34(18-22-57)35-13-12-31(2)37(25-35)47(62)58(30-60)43(11-9-24-59)46(61)51-7;5*1-2;/h8,10,12-16,20,24-26,28-30,33-34,43H,3,9,11,17-19,21-23,27H2,1-2,4-7H3,(H,51,61)(H,53,54)(H,55,56);3*1-2H3;2H2,1H3;1H2;1H4/b10-8-,20-16+;;;;;;/t33-,43?;;;;;;/m1....../s1. The van der Waals surface area contributed by atoms with Crippen molar-refractivity contribution in [2.24, 2.45) is 16.1 Å². The number of nitrogens with two attached hydrogens (primary N) is 1. The number of hydrogen-bond acceptors (Lipinski definition) is 11. The number of hydrogen-bond donors (Lipinski definition) is 4. The van der Waals surface area contributed by atoms with Gasteiger partial charge in [0.25, 0.3) is 5.91 Å². The van der Waals surface area contributed by atoms with Gasteiger partial charge in [0, 0.05) is 54.3 Å². The van der Waals surface area contributed by atoms with E-state index < -0.39 is 24.0 Å². The van der Waals surface area contributed by atoms with E-state index in [0.29, 0.717) is 56.7 Å². The molecule has 0 spiro atoms. The Hall–Kier alpha value is -6.00. The largest absolute Gasteiger partial charge is 0.486 e. The summed E-state index contributed by atoms with van der Waals surface area (Å²) in [6.45, 7) is 31.3. The number of aryl methyl sites for hydroxylation is 1. The fourth-order valence-electron chi connectivity index (χ4n) is 7.91. The zero-order chi connectivity index (χ0) is 55.7. The lowest BCUT2D eigenvalue weighted by atomic mass is 9.83. The molecule has 0 aliphatic carbocycles. The molecule has 410 valence electrons. The number of piperidine rings is 1. The zero-order valence-corrected chi connectivity index (χ0v) is 47.1. The molecule has 0 bridgehead atoms. The van der Waals surface area contributed by atoms with Crippen LogP contribution in [-0.4, -0.2) is 102 Å². The van der Waals surface area contributed by atoms with Gasteiger partial charge in [0.05, 0.1) is 21.3 Å². The molecule has 2 atom stereocenters. The minimum Gasteiger partial charge on any atom is -0.486 e. The molecule has 2 aromatic heterocycles. The third-order valence-corrected chi connectivity index (χ3v) is 12.0. The number of nitrogens with one attached hydrogen (secondary N) is 3. The number of amides is 3. The maximum atomic E-state index is 13.6. The number of carbonyl (C=O) groups is 5. The van der Waals surface area contributed by atoms with Crippen LogP contribution in [0.5, 0.6) is 5.75 Å². The number of benzene rings is 2. The number of rotatable bonds is 20. The molecule has 3 heterocycles. The summed E-state index contributed by atoms with van der Waals surface area (Å²) in [6, 6.07) is 10.4. The molecule has 1 saturated heterocycles. The summed E-state index contributed by atoms with van der Waals surface area (Å²) < 4.78 is 6.21. The first-order valence-corrected chi connectivity index (χ1v) is 25.8. The summed E-state index contributed by atoms with van der Waals surface area (Å²) in [5.74, 6) is 0.508. The van der Waals surface area contributed by atoms with Crippen LogP contribution in [-0.2, 0) is 19.2 Å². The van der Waals surface area contributed by atoms with Gasteiger partial charge in [-0.15, -0.1) is 0 Å². The molecule has 1 unspecified atom stereocenters. The summed E-state index contributed by atoms with van der Waals surface area (Å²) in [5, 5.41) is 15.2. The first-order chi connectivity index (χ1) is 35.2. The third kappa shape index (κ3) is 21.8. The van der Waals surface area contributed by atoms with Crippen molar-refractivity contribution in [3.63, 3.8) is 0 Å². The van der Waals surface area contributed by atoms with Crippen LogP contribution in [0.2, 0.25) is 10.0 Å². The number of carbonyl (C=O) groups excluding carboxylic acids is 5. The Kier molecular flexibility index (Phi) is 36.5. The smallest absolute Gasteiger partial charge is 0.261 e. The number of likely N-dealkylation sites (tertiary alicyclic amines) is 1. The van der Waals surface area contributed by atoms with Crippen LogP contribution < -0.4 is 21.1 Å². The SMILES string of the molecule is C.C=C(CC(C)(C)CCN1CCC(c2ccc(C)c(C(=O)N(C=O)C(CCC=O)C(=O)NC)c2)CC1)NC(/C=C\C)=N/C=C/c1n[nH]c2ccc(O[C@H](C)c3c(Cl)cncc3Cl)cc12.C=O.CC.CC.CC.CN. The van der Waals surface area contributed by atoms with Crippen LogP contribution in [0, 0.1) is 12.3 Å². The van der Waals surface area contributed by atoms with Crippen molar-refractivity contribution in [3.05, 3.63) is 117 Å². The van der Waals surface area contributed by atoms with Crippen LogP contribution in [0.25, 0.3) is 17.0 Å². The minimum atomic E-state index is -1.07. The van der Waals surface area contributed by atoms with Crippen LogP contribution in [0.15, 0.2) is 84.4 Å². The third-order valence-electron chi connectivity index (χ3n) is 11.4. The van der Waals surface area contributed by atoms with Gasteiger partial charge in [0.2, 0.25) is 12.3 Å². The zero-order valence-electron chi connectivity index (χ0n) is 45.6. The van der Waals surface area contributed by atoms with E-state index in [0.717, 1.165) is 72.4 Å². The van der Waals surface area contributed by atoms with Gasteiger partial charge in [-0.2, -0.15) is 5.10 Å². The number of allylic oxidation sites excluding steroid dienone is 2. The Morgan fingerprint density at radius 2 is 1.65 bits per heavy atom. The van der Waals surface area contributed by atoms with Gasteiger partial charge in [-0.1, -0.05) is 111 Å². The number of H-pyrrole nitrogens is 1. The second kappa shape index (κ2) is 38.6. The predicted molar refractivity (Wildman–Crippen MR) is 309 cm³/mol. The van der Waals surface area contributed by atoms with E-state index in [1.807, 2.05) is 118 Å². The normalized spacial score (nSPS) is 13.2. The second-order valence-electron chi connectivity index (χ2n) is 16.6. The predicted octanol–water partition coefficient (Wildman–Crippen LogP) is 12.2. The first-order valence-electron chi connectivity index (χ1n) is 25.1. The second-order valence-corrected chi connectivity index (χ2v) is 17.4. The number of fused-ring (bicyclic) bond motifs is 1. The van der Waals surface area contributed by atoms with E-state index in [2.05, 4.69) is 62.9 Å². The van der Waals surface area contributed by atoms with Crippen molar-refractivity contribution < 1.29 is 28.7 Å². The number of aromatic amines is 1. The highest BCUT2D eigenvalue weighted by Gasteiger charge is 2.31. The van der Waals surface area contributed by atoms with Crippen molar-refractivity contribution in [2.45, 2.75) is 140 Å². The molecular weight excluding hydrogens is 978 g/mol. The van der Waals surface area contributed by atoms with Gasteiger partial charge >= 0.3 is 0 Å². The molecule has 2 aromatic carbocycles. The Balaban J connectivity index is 0. The molecule has 15 nitrogen and oxygen atoms in total. The van der Waals surface area contributed by atoms with Crippen LogP contribution in [0.4, 0.5) is 0 Å². The average molecular weight is 1070 g/mol. The lowest BCUT2D eigenvalue weighted by molar-refractivity contribution is -0.131. The van der Waals surface area contributed by atoms with Crippen LogP contribution >= 0.6 is 23.2 Å². The average Bonchev–Trinajstić information content (AvgIpc) is 3.81. The summed E-state index contributed by atoms with van der Waals surface area (Å²) in [4.78, 5) is 69.5. The quantitative estimate of drug-likeness (QED) is 0.0372. The van der Waals surface area contributed by atoms with Crippen LogP contribution in [0.1, 0.15) is 160 Å². The maximum Gasteiger partial charge on any atom is 0.261 e. The molecule has 5 N–H and O–H groups in total. The number of imide groups is 1. The fourth-order valence-corrected chi connectivity index (χ4v) is 8.58. The number of amidine groups is 1. The van der Waals surface area contributed by atoms with Gasteiger partial charge < -0.3 is 35.6 Å².